The van der Waals surface area contributed by atoms with Crippen molar-refractivity contribution in [1.29, 1.82) is 0 Å². The van der Waals surface area contributed by atoms with Crippen molar-refractivity contribution in [2.75, 3.05) is 6.61 Å². The molecule has 0 fully saturated rings. The Morgan fingerprint density at radius 2 is 1.67 bits per heavy atom. The number of carbonyl (C=O) groups excluding carboxylic acids is 3. The molecule has 0 aromatic heterocycles. The van der Waals surface area contributed by atoms with Crippen molar-refractivity contribution in [2.24, 2.45) is 10.3 Å². The number of hydrogen-bond acceptors (Lipinski definition) is 10. The predicted molar refractivity (Wildman–Crippen MR) is 77.0 cm³/mol. The summed E-state index contributed by atoms with van der Waals surface area (Å²) in [5.74, 6) is -2.40. The highest BCUT2D eigenvalue weighted by atomic mass is 16.6. The fraction of sp³-hybridized carbons (Fsp3) is 0.667. The van der Waals surface area contributed by atoms with Crippen LogP contribution in [0.1, 0.15) is 20.8 Å². The summed E-state index contributed by atoms with van der Waals surface area (Å²) in [6, 6.07) is -1.40. The van der Waals surface area contributed by atoms with Gasteiger partial charge in [-0.15, -0.1) is 5.16 Å². The third kappa shape index (κ3) is 7.96. The average molecular weight is 346 g/mol. The number of ether oxygens (including phenoxy) is 3. The SMILES string of the molecule is CC(=O)OC[C@@H](O)[C@@H](OC(C)=O)[C@H](OC(C)=O)[C@H](/C=N/O)N=[N+]=[N-]. The van der Waals surface area contributed by atoms with Crippen molar-refractivity contribution < 1.29 is 38.9 Å². The highest BCUT2D eigenvalue weighted by Gasteiger charge is 2.39. The van der Waals surface area contributed by atoms with Crippen LogP contribution in [0.25, 0.3) is 10.4 Å². The second-order valence-corrected chi connectivity index (χ2v) is 4.48. The fourth-order valence-corrected chi connectivity index (χ4v) is 1.68. The molecule has 0 aliphatic heterocycles. The van der Waals surface area contributed by atoms with Gasteiger partial charge in [0.15, 0.2) is 12.2 Å². The van der Waals surface area contributed by atoms with Crippen LogP contribution in [0.5, 0.6) is 0 Å². The van der Waals surface area contributed by atoms with Crippen LogP contribution in [-0.4, -0.2) is 65.4 Å². The van der Waals surface area contributed by atoms with Gasteiger partial charge in [0.1, 0.15) is 18.8 Å². The van der Waals surface area contributed by atoms with E-state index in [1.807, 2.05) is 0 Å². The molecule has 0 unspecified atom stereocenters. The lowest BCUT2D eigenvalue weighted by Crippen LogP contribution is -2.50. The molecule has 2 N–H and O–H groups in total. The first-order chi connectivity index (χ1) is 11.2. The normalized spacial score (nSPS) is 15.5. The van der Waals surface area contributed by atoms with Gasteiger partial charge < -0.3 is 24.5 Å². The Morgan fingerprint density at radius 1 is 1.12 bits per heavy atom. The van der Waals surface area contributed by atoms with E-state index < -0.39 is 48.9 Å². The molecule has 0 aliphatic rings. The van der Waals surface area contributed by atoms with Crippen LogP contribution in [-0.2, 0) is 28.6 Å². The van der Waals surface area contributed by atoms with Crippen LogP contribution in [0.15, 0.2) is 10.3 Å². The number of nitrogens with zero attached hydrogens (tertiary/aromatic N) is 4. The molecular weight excluding hydrogens is 328 g/mol. The van der Waals surface area contributed by atoms with E-state index >= 15 is 0 Å². The summed E-state index contributed by atoms with van der Waals surface area (Å²) >= 11 is 0. The molecule has 0 radical (unpaired) electrons. The smallest absolute Gasteiger partial charge is 0.303 e. The third-order valence-electron chi connectivity index (χ3n) is 2.51. The zero-order valence-electron chi connectivity index (χ0n) is 13.2. The Bertz CT molecular complexity index is 531. The molecule has 0 spiro atoms. The summed E-state index contributed by atoms with van der Waals surface area (Å²) in [5.41, 5.74) is 8.56. The number of rotatable bonds is 9. The Hall–Kier alpha value is -2.85. The van der Waals surface area contributed by atoms with Crippen LogP contribution in [0.2, 0.25) is 0 Å². The zero-order valence-corrected chi connectivity index (χ0v) is 13.2. The van der Waals surface area contributed by atoms with Gasteiger partial charge in [-0.25, -0.2) is 0 Å². The lowest BCUT2D eigenvalue weighted by Gasteiger charge is -2.31. The highest BCUT2D eigenvalue weighted by molar-refractivity contribution is 5.70. The molecule has 24 heavy (non-hydrogen) atoms. The molecule has 0 amide bonds. The summed E-state index contributed by atoms with van der Waals surface area (Å²) in [5, 5.41) is 24.7. The van der Waals surface area contributed by atoms with Crippen LogP contribution < -0.4 is 0 Å². The molecule has 0 aliphatic carbocycles. The molecule has 134 valence electrons. The minimum atomic E-state index is -1.61. The summed E-state index contributed by atoms with van der Waals surface area (Å²) in [6.07, 6.45) is -3.96. The number of azide groups is 1. The molecule has 0 rings (SSSR count). The Labute approximate surface area is 136 Å². The first-order valence-electron chi connectivity index (χ1n) is 6.60. The van der Waals surface area contributed by atoms with E-state index in [-0.39, 0.29) is 0 Å². The summed E-state index contributed by atoms with van der Waals surface area (Å²) in [6.45, 7) is 2.57. The van der Waals surface area contributed by atoms with Gasteiger partial charge in [-0.1, -0.05) is 5.11 Å². The van der Waals surface area contributed by atoms with E-state index in [0.29, 0.717) is 0 Å². The van der Waals surface area contributed by atoms with E-state index in [2.05, 4.69) is 19.9 Å². The predicted octanol–water partition coefficient (Wildman–Crippen LogP) is -0.0873. The minimum Gasteiger partial charge on any atom is -0.463 e. The lowest BCUT2D eigenvalue weighted by molar-refractivity contribution is -0.179. The maximum absolute atomic E-state index is 11.3. The number of aliphatic hydroxyl groups excluding tert-OH is 1. The van der Waals surface area contributed by atoms with E-state index in [1.165, 1.54) is 0 Å². The Morgan fingerprint density at radius 3 is 2.08 bits per heavy atom. The largest absolute Gasteiger partial charge is 0.463 e. The van der Waals surface area contributed by atoms with Crippen molar-refractivity contribution in [1.82, 2.24) is 0 Å². The Balaban J connectivity index is 5.67. The zero-order chi connectivity index (χ0) is 18.7. The summed E-state index contributed by atoms with van der Waals surface area (Å²) in [4.78, 5) is 35.9. The molecule has 12 heteroatoms. The maximum atomic E-state index is 11.3. The van der Waals surface area contributed by atoms with Crippen LogP contribution in [0.4, 0.5) is 0 Å². The lowest BCUT2D eigenvalue weighted by atomic mass is 10.0. The van der Waals surface area contributed by atoms with Gasteiger partial charge in [-0.2, -0.15) is 0 Å². The first kappa shape index (κ1) is 21.1. The molecule has 0 bridgehead atoms. The molecule has 0 aromatic rings. The Kier molecular flexibility index (Phi) is 9.52. The van der Waals surface area contributed by atoms with Gasteiger partial charge in [-0.3, -0.25) is 14.4 Å². The average Bonchev–Trinajstić information content (AvgIpc) is 2.47. The van der Waals surface area contributed by atoms with Crippen molar-refractivity contribution in [3.05, 3.63) is 10.4 Å². The molecule has 0 aromatic carbocycles. The van der Waals surface area contributed by atoms with Crippen molar-refractivity contribution >= 4 is 24.1 Å². The number of oxime groups is 1. The molecule has 4 atom stereocenters. The summed E-state index contributed by atoms with van der Waals surface area (Å²) in [7, 11) is 0. The van der Waals surface area contributed by atoms with Crippen LogP contribution >= 0.6 is 0 Å². The van der Waals surface area contributed by atoms with Crippen molar-refractivity contribution in [2.45, 2.75) is 45.1 Å². The number of aliphatic hydroxyl groups is 1. The minimum absolute atomic E-state index is 0.579. The van der Waals surface area contributed by atoms with E-state index in [1.54, 1.807) is 0 Å². The standard InChI is InChI=1S/C12H18N4O8/c1-6(17)22-5-10(20)12(24-8(3)19)11(23-7(2)18)9(4-14-21)15-16-13/h4,9-12,20-21H,5H2,1-3H3/b14-4+/t9-,10+,11+,12+/m0/s1. The van der Waals surface area contributed by atoms with Gasteiger partial charge in [-0.05, 0) is 5.53 Å². The summed E-state index contributed by atoms with van der Waals surface area (Å²) < 4.78 is 14.4. The second-order valence-electron chi connectivity index (χ2n) is 4.48. The van der Waals surface area contributed by atoms with Crippen molar-refractivity contribution in [3.8, 4) is 0 Å². The first-order valence-corrected chi connectivity index (χ1v) is 6.60. The van der Waals surface area contributed by atoms with E-state index in [0.717, 1.165) is 27.0 Å². The van der Waals surface area contributed by atoms with Gasteiger partial charge in [0.05, 0.1) is 6.21 Å². The van der Waals surface area contributed by atoms with Crippen LogP contribution in [0.3, 0.4) is 0 Å². The number of hydrogen-bond donors (Lipinski definition) is 2. The second kappa shape index (κ2) is 10.8. The molecule has 0 saturated carbocycles. The van der Waals surface area contributed by atoms with E-state index in [9.17, 15) is 19.5 Å². The van der Waals surface area contributed by atoms with Gasteiger partial charge >= 0.3 is 17.9 Å². The topological polar surface area (TPSA) is 180 Å². The van der Waals surface area contributed by atoms with Crippen molar-refractivity contribution in [3.63, 3.8) is 0 Å². The third-order valence-corrected chi connectivity index (χ3v) is 2.51. The van der Waals surface area contributed by atoms with Crippen LogP contribution in [0, 0.1) is 0 Å². The van der Waals surface area contributed by atoms with Gasteiger partial charge in [0.25, 0.3) is 0 Å². The molecular formula is C12H18N4O8. The molecule has 12 nitrogen and oxygen atoms in total. The van der Waals surface area contributed by atoms with Gasteiger partial charge in [0, 0.05) is 25.7 Å². The van der Waals surface area contributed by atoms with Gasteiger partial charge in [0.2, 0.25) is 0 Å². The highest BCUT2D eigenvalue weighted by Crippen LogP contribution is 2.17. The fourth-order valence-electron chi connectivity index (χ4n) is 1.68. The maximum Gasteiger partial charge on any atom is 0.303 e. The number of esters is 3. The molecule has 0 saturated heterocycles. The van der Waals surface area contributed by atoms with E-state index in [4.69, 9.17) is 20.2 Å². The molecule has 0 heterocycles. The number of carbonyl (C=O) groups is 3. The quantitative estimate of drug-likeness (QED) is 0.0848. The monoisotopic (exact) mass is 346 g/mol.